The number of nitrogens with two attached hydrogens (primary N) is 1. The first kappa shape index (κ1) is 16.3. The van der Waals surface area contributed by atoms with Crippen LogP contribution in [0.1, 0.15) is 13.2 Å². The van der Waals surface area contributed by atoms with Gasteiger partial charge in [0.15, 0.2) is 17.7 Å². The number of fused-ring (bicyclic) bond motifs is 1. The van der Waals surface area contributed by atoms with Crippen LogP contribution in [0.4, 0.5) is 5.82 Å². The van der Waals surface area contributed by atoms with Crippen molar-refractivity contribution in [2.24, 2.45) is 0 Å². The molecule has 2 aromatic heterocycles. The third kappa shape index (κ3) is 2.82. The average molecular weight is 335 g/mol. The van der Waals surface area contributed by atoms with Crippen molar-refractivity contribution in [2.45, 2.75) is 31.5 Å². The number of nitrogen functional groups attached to an aromatic ring is 1. The first-order valence-corrected chi connectivity index (χ1v) is 7.27. The second-order valence-electron chi connectivity index (χ2n) is 5.26. The molecular formula is C14H17N5O5. The zero-order valence-electron chi connectivity index (χ0n) is 12.8. The van der Waals surface area contributed by atoms with Crippen molar-refractivity contribution < 1.29 is 24.5 Å². The maximum absolute atomic E-state index is 11.4. The van der Waals surface area contributed by atoms with Gasteiger partial charge >= 0.3 is 5.97 Å². The zero-order valence-corrected chi connectivity index (χ0v) is 12.8. The number of aliphatic hydroxyl groups excluding tert-OH is 2. The summed E-state index contributed by atoms with van der Waals surface area (Å²) in [4.78, 5) is 23.4. The minimum atomic E-state index is -1.25. The first-order valence-electron chi connectivity index (χ1n) is 7.27. The van der Waals surface area contributed by atoms with E-state index in [0.717, 1.165) is 0 Å². The monoisotopic (exact) mass is 335 g/mol. The van der Waals surface area contributed by atoms with E-state index in [1.165, 1.54) is 29.4 Å². The Hall–Kier alpha value is -2.56. The zero-order chi connectivity index (χ0) is 17.3. The summed E-state index contributed by atoms with van der Waals surface area (Å²) < 4.78 is 12.0. The van der Waals surface area contributed by atoms with E-state index in [4.69, 9.17) is 15.2 Å². The maximum Gasteiger partial charge on any atom is 0.330 e. The summed E-state index contributed by atoms with van der Waals surface area (Å²) in [7, 11) is 0. The fourth-order valence-corrected chi connectivity index (χ4v) is 2.50. The molecule has 10 heteroatoms. The molecule has 1 aliphatic rings. The third-order valence-corrected chi connectivity index (χ3v) is 3.69. The van der Waals surface area contributed by atoms with Crippen LogP contribution in [0, 0.1) is 0 Å². The largest absolute Gasteiger partial charge is 0.460 e. The van der Waals surface area contributed by atoms with Crippen LogP contribution in [-0.4, -0.2) is 60.6 Å². The SMILES string of the molecule is C/C=C/C(=O)OC[C@H]1O[C@@H](n2cnc3c(N)ncnc32)[C@H](O)[C@@H]1O. The molecule has 3 rings (SSSR count). The van der Waals surface area contributed by atoms with Gasteiger partial charge in [-0.3, -0.25) is 4.57 Å². The van der Waals surface area contributed by atoms with Gasteiger partial charge in [0.2, 0.25) is 0 Å². The summed E-state index contributed by atoms with van der Waals surface area (Å²) in [5, 5.41) is 20.4. The molecule has 0 bridgehead atoms. The number of carbonyl (C=O) groups is 1. The number of anilines is 1. The number of ether oxygens (including phenoxy) is 2. The number of rotatable bonds is 4. The number of aromatic nitrogens is 4. The molecule has 0 aliphatic carbocycles. The number of nitrogens with zero attached hydrogens (tertiary/aromatic N) is 4. The molecule has 4 atom stereocenters. The van der Waals surface area contributed by atoms with Gasteiger partial charge in [-0.15, -0.1) is 0 Å². The van der Waals surface area contributed by atoms with E-state index in [2.05, 4.69) is 15.0 Å². The maximum atomic E-state index is 11.4. The van der Waals surface area contributed by atoms with Crippen LogP contribution in [0.2, 0.25) is 0 Å². The fraction of sp³-hybridized carbons (Fsp3) is 0.429. The molecule has 0 spiro atoms. The Morgan fingerprint density at radius 2 is 2.21 bits per heavy atom. The van der Waals surface area contributed by atoms with Gasteiger partial charge < -0.3 is 25.4 Å². The van der Waals surface area contributed by atoms with E-state index in [1.807, 2.05) is 0 Å². The summed E-state index contributed by atoms with van der Waals surface area (Å²) in [6, 6.07) is 0. The van der Waals surface area contributed by atoms with Crippen molar-refractivity contribution in [3.05, 3.63) is 24.8 Å². The van der Waals surface area contributed by atoms with E-state index in [0.29, 0.717) is 11.2 Å². The molecule has 128 valence electrons. The van der Waals surface area contributed by atoms with E-state index < -0.39 is 30.5 Å². The highest BCUT2D eigenvalue weighted by molar-refractivity contribution is 5.82. The van der Waals surface area contributed by atoms with Crippen molar-refractivity contribution in [1.82, 2.24) is 19.5 Å². The van der Waals surface area contributed by atoms with Crippen molar-refractivity contribution in [2.75, 3.05) is 12.3 Å². The van der Waals surface area contributed by atoms with Gasteiger partial charge in [-0.2, -0.15) is 0 Å². The summed E-state index contributed by atoms with van der Waals surface area (Å²) in [6.45, 7) is 1.49. The number of hydrogen-bond acceptors (Lipinski definition) is 9. The lowest BCUT2D eigenvalue weighted by Gasteiger charge is -2.16. The number of hydrogen-bond donors (Lipinski definition) is 3. The summed E-state index contributed by atoms with van der Waals surface area (Å²) in [5.41, 5.74) is 6.46. The van der Waals surface area contributed by atoms with E-state index in [-0.39, 0.29) is 12.4 Å². The summed E-state index contributed by atoms with van der Waals surface area (Å²) in [5.74, 6) is -0.358. The molecular weight excluding hydrogens is 318 g/mol. The molecule has 0 amide bonds. The Morgan fingerprint density at radius 3 is 2.96 bits per heavy atom. The molecule has 0 saturated carbocycles. The van der Waals surface area contributed by atoms with Crippen LogP contribution in [0.3, 0.4) is 0 Å². The molecule has 24 heavy (non-hydrogen) atoms. The lowest BCUT2D eigenvalue weighted by atomic mass is 10.1. The van der Waals surface area contributed by atoms with Crippen molar-refractivity contribution >= 4 is 23.0 Å². The number of imidazole rings is 1. The smallest absolute Gasteiger partial charge is 0.330 e. The molecule has 1 fully saturated rings. The normalized spacial score (nSPS) is 27.1. The number of carbonyl (C=O) groups excluding carboxylic acids is 1. The molecule has 2 aromatic rings. The topological polar surface area (TPSA) is 146 Å². The molecule has 0 unspecified atom stereocenters. The highest BCUT2D eigenvalue weighted by atomic mass is 16.6. The van der Waals surface area contributed by atoms with Crippen molar-refractivity contribution in [3.63, 3.8) is 0 Å². The van der Waals surface area contributed by atoms with Crippen LogP contribution in [-0.2, 0) is 14.3 Å². The summed E-state index contributed by atoms with van der Waals surface area (Å²) >= 11 is 0. The molecule has 4 N–H and O–H groups in total. The minimum Gasteiger partial charge on any atom is -0.460 e. The molecule has 3 heterocycles. The van der Waals surface area contributed by atoms with Gasteiger partial charge in [-0.05, 0) is 6.92 Å². The van der Waals surface area contributed by atoms with Gasteiger partial charge in [0.05, 0.1) is 6.33 Å². The second kappa shape index (κ2) is 6.51. The standard InChI is InChI=1S/C14H17N5O5/c1-2-3-8(20)23-4-7-10(21)11(22)14(24-7)19-6-18-9-12(15)16-5-17-13(9)19/h2-3,5-7,10-11,14,21-22H,4H2,1H3,(H2,15,16,17)/b3-2+/t7-,10-,11-,14-/m1/s1. The number of allylic oxidation sites excluding steroid dienone is 1. The second-order valence-corrected chi connectivity index (χ2v) is 5.26. The average Bonchev–Trinajstić information content (AvgIpc) is 3.10. The van der Waals surface area contributed by atoms with Gasteiger partial charge in [0, 0.05) is 6.08 Å². The summed E-state index contributed by atoms with van der Waals surface area (Å²) in [6.07, 6.45) is 1.15. The number of aliphatic hydroxyl groups is 2. The highest BCUT2D eigenvalue weighted by Gasteiger charge is 2.44. The highest BCUT2D eigenvalue weighted by Crippen LogP contribution is 2.32. The fourth-order valence-electron chi connectivity index (χ4n) is 2.50. The Bertz CT molecular complexity index is 776. The van der Waals surface area contributed by atoms with Crippen LogP contribution in [0.25, 0.3) is 11.2 Å². The van der Waals surface area contributed by atoms with Crippen LogP contribution in [0.15, 0.2) is 24.8 Å². The van der Waals surface area contributed by atoms with Crippen molar-refractivity contribution in [3.8, 4) is 0 Å². The Kier molecular flexibility index (Phi) is 4.42. The Labute approximate surface area is 136 Å². The molecule has 10 nitrogen and oxygen atoms in total. The quantitative estimate of drug-likeness (QED) is 0.480. The molecule has 1 aliphatic heterocycles. The minimum absolute atomic E-state index is 0.193. The van der Waals surface area contributed by atoms with Gasteiger partial charge in [-0.25, -0.2) is 19.7 Å². The molecule has 1 saturated heterocycles. The van der Waals surface area contributed by atoms with Crippen LogP contribution < -0.4 is 5.73 Å². The predicted octanol–water partition coefficient (Wildman–Crippen LogP) is -0.853. The van der Waals surface area contributed by atoms with Gasteiger partial charge in [0.25, 0.3) is 0 Å². The van der Waals surface area contributed by atoms with Gasteiger partial charge in [-0.1, -0.05) is 6.08 Å². The van der Waals surface area contributed by atoms with Crippen LogP contribution >= 0.6 is 0 Å². The van der Waals surface area contributed by atoms with Crippen molar-refractivity contribution in [1.29, 1.82) is 0 Å². The van der Waals surface area contributed by atoms with E-state index >= 15 is 0 Å². The Balaban J connectivity index is 1.79. The Morgan fingerprint density at radius 1 is 1.42 bits per heavy atom. The predicted molar refractivity (Wildman–Crippen MR) is 81.4 cm³/mol. The van der Waals surface area contributed by atoms with E-state index in [9.17, 15) is 15.0 Å². The molecule has 0 aromatic carbocycles. The van der Waals surface area contributed by atoms with Gasteiger partial charge in [0.1, 0.15) is 36.8 Å². The molecule has 0 radical (unpaired) electrons. The lowest BCUT2D eigenvalue weighted by molar-refractivity contribution is -0.144. The first-order chi connectivity index (χ1) is 11.5. The van der Waals surface area contributed by atoms with E-state index in [1.54, 1.807) is 6.92 Å². The van der Waals surface area contributed by atoms with Crippen LogP contribution in [0.5, 0.6) is 0 Å². The third-order valence-electron chi connectivity index (χ3n) is 3.69. The number of esters is 1. The lowest BCUT2D eigenvalue weighted by Crippen LogP contribution is -2.34.